The van der Waals surface area contributed by atoms with Crippen LogP contribution in [0.25, 0.3) is 20.7 Å². The third kappa shape index (κ3) is 11.0. The molecule has 0 radical (unpaired) electrons. The first-order valence-corrected chi connectivity index (χ1v) is 21.1. The fourth-order valence-electron chi connectivity index (χ4n) is 6.18. The first-order chi connectivity index (χ1) is 29.9. The number of rotatable bonds is 18. The molecule has 0 spiro atoms. The van der Waals surface area contributed by atoms with E-state index in [1.807, 2.05) is 26.0 Å². The molecular weight excluding hydrogens is 841 g/mol. The zero-order valence-electron chi connectivity index (χ0n) is 34.0. The van der Waals surface area contributed by atoms with Crippen LogP contribution in [0.5, 0.6) is 0 Å². The molecule has 0 fully saturated rings. The van der Waals surface area contributed by atoms with Crippen molar-refractivity contribution in [3.05, 3.63) is 111 Å². The fraction of sp³-hybridized carbons (Fsp3) is 0.293. The number of hydrogen-bond acceptors (Lipinski definition) is 16. The van der Waals surface area contributed by atoms with E-state index in [0.29, 0.717) is 56.4 Å². The summed E-state index contributed by atoms with van der Waals surface area (Å²) in [4.78, 5) is 74.5. The fourth-order valence-corrected chi connectivity index (χ4v) is 8.01. The molecule has 0 saturated carbocycles. The average Bonchev–Trinajstić information content (AvgIpc) is 3.85. The van der Waals surface area contributed by atoms with E-state index in [0.717, 1.165) is 23.0 Å². The number of anilines is 3. The minimum absolute atomic E-state index is 0.110. The van der Waals surface area contributed by atoms with Gasteiger partial charge in [0.1, 0.15) is 21.0 Å². The Hall–Kier alpha value is -6.71. The van der Waals surface area contributed by atoms with Crippen molar-refractivity contribution in [1.29, 1.82) is 0 Å². The lowest BCUT2D eigenvalue weighted by Crippen LogP contribution is -2.28. The summed E-state index contributed by atoms with van der Waals surface area (Å²) in [5.41, 5.74) is 3.64. The second kappa shape index (κ2) is 19.8. The molecule has 0 aliphatic rings. The van der Waals surface area contributed by atoms with Gasteiger partial charge in [-0.25, -0.2) is 28.7 Å². The predicted octanol–water partition coefficient (Wildman–Crippen LogP) is 6.13. The molecule has 320 valence electrons. The van der Waals surface area contributed by atoms with Gasteiger partial charge in [-0.15, -0.1) is 22.7 Å². The van der Waals surface area contributed by atoms with Gasteiger partial charge in [0, 0.05) is 51.1 Å². The number of aromatic nitrogens is 8. The molecule has 0 bridgehead atoms. The number of carbonyl (C=O) groups is 3. The predicted molar refractivity (Wildman–Crippen MR) is 231 cm³/mol. The standard InChI is InChI=1S/C41H41F2N13O4S2/c1-21(25-15-27(42)19-44-17-25)48-40-53-32(34-36(55-40)50-23(3)61-34)38(58)46-12-11-24-5-7-29(8-6-24)51-30(57)9-10-31-52-37-35(62-31)33(39(59)47-13-14-60-4)54-41(56-37)49-22(2)26-16-28(43)20-45-18-26/h5-8,15-22H,9-14H2,1-4H3,(H,46,58)(H,47,59)(H,51,57)(H,48,53,55)(H,49,54,56). The quantitative estimate of drug-likeness (QED) is 0.0612. The molecule has 17 nitrogen and oxygen atoms in total. The molecular formula is C41H41F2N13O4S2. The normalized spacial score (nSPS) is 12.2. The highest BCUT2D eigenvalue weighted by molar-refractivity contribution is 7.19. The lowest BCUT2D eigenvalue weighted by Gasteiger charge is -2.14. The number of hydrogen-bond donors (Lipinski definition) is 5. The van der Waals surface area contributed by atoms with Crippen molar-refractivity contribution < 1.29 is 27.9 Å². The number of fused-ring (bicyclic) bond motifs is 2. The van der Waals surface area contributed by atoms with E-state index in [2.05, 4.69) is 66.5 Å². The zero-order valence-corrected chi connectivity index (χ0v) is 35.6. The Bertz CT molecular complexity index is 2730. The highest BCUT2D eigenvalue weighted by Crippen LogP contribution is 2.29. The summed E-state index contributed by atoms with van der Waals surface area (Å²) in [5.74, 6) is -1.71. The van der Waals surface area contributed by atoms with Crippen LogP contribution in [0.2, 0.25) is 0 Å². The van der Waals surface area contributed by atoms with Crippen molar-refractivity contribution in [3.8, 4) is 0 Å². The summed E-state index contributed by atoms with van der Waals surface area (Å²) in [6.07, 6.45) is 6.20. The maximum absolute atomic E-state index is 13.8. The molecule has 7 aromatic rings. The number of nitrogens with one attached hydrogen (secondary N) is 5. The van der Waals surface area contributed by atoms with E-state index in [4.69, 9.17) is 4.74 Å². The van der Waals surface area contributed by atoms with Crippen LogP contribution in [-0.4, -0.2) is 84.4 Å². The number of methoxy groups -OCH3 is 1. The monoisotopic (exact) mass is 881 g/mol. The molecule has 7 rings (SSSR count). The molecule has 6 aromatic heterocycles. The Morgan fingerprint density at radius 2 is 1.27 bits per heavy atom. The Balaban J connectivity index is 0.938. The van der Waals surface area contributed by atoms with Gasteiger partial charge in [0.2, 0.25) is 17.8 Å². The Labute approximate surface area is 361 Å². The van der Waals surface area contributed by atoms with Crippen LogP contribution in [0.1, 0.15) is 80.0 Å². The van der Waals surface area contributed by atoms with E-state index in [9.17, 15) is 23.2 Å². The maximum Gasteiger partial charge on any atom is 0.271 e. The number of amides is 3. The summed E-state index contributed by atoms with van der Waals surface area (Å²) in [5, 5.41) is 16.2. The van der Waals surface area contributed by atoms with Gasteiger partial charge < -0.3 is 31.3 Å². The minimum Gasteiger partial charge on any atom is -0.383 e. The number of aryl methyl sites for hydroxylation is 2. The van der Waals surface area contributed by atoms with Crippen LogP contribution in [-0.2, 0) is 22.4 Å². The van der Waals surface area contributed by atoms with E-state index in [1.54, 1.807) is 25.3 Å². The molecule has 1 aromatic carbocycles. The van der Waals surface area contributed by atoms with Gasteiger partial charge in [0.05, 0.1) is 41.1 Å². The number of ether oxygens (including phenoxy) is 1. The third-order valence-electron chi connectivity index (χ3n) is 9.33. The summed E-state index contributed by atoms with van der Waals surface area (Å²) in [6.45, 7) is 6.30. The van der Waals surface area contributed by atoms with Crippen LogP contribution in [0.15, 0.2) is 61.2 Å². The molecule has 2 atom stereocenters. The molecule has 3 amide bonds. The van der Waals surface area contributed by atoms with Gasteiger partial charge in [-0.1, -0.05) is 12.1 Å². The first-order valence-electron chi connectivity index (χ1n) is 19.4. The van der Waals surface area contributed by atoms with E-state index < -0.39 is 29.6 Å². The molecule has 0 aliphatic carbocycles. The number of nitrogens with zero attached hydrogens (tertiary/aromatic N) is 8. The molecule has 0 saturated heterocycles. The van der Waals surface area contributed by atoms with Gasteiger partial charge in [0.25, 0.3) is 11.8 Å². The lowest BCUT2D eigenvalue weighted by atomic mass is 10.1. The molecule has 21 heteroatoms. The lowest BCUT2D eigenvalue weighted by molar-refractivity contribution is -0.116. The number of carbonyl (C=O) groups excluding carboxylic acids is 3. The highest BCUT2D eigenvalue weighted by Gasteiger charge is 2.22. The number of benzene rings is 1. The molecule has 5 N–H and O–H groups in total. The summed E-state index contributed by atoms with van der Waals surface area (Å²) in [6, 6.07) is 9.19. The van der Waals surface area contributed by atoms with Crippen LogP contribution in [0.3, 0.4) is 0 Å². The van der Waals surface area contributed by atoms with E-state index in [-0.39, 0.29) is 60.1 Å². The number of thiazole rings is 2. The third-order valence-corrected chi connectivity index (χ3v) is 11.4. The van der Waals surface area contributed by atoms with Crippen molar-refractivity contribution in [2.75, 3.05) is 42.8 Å². The van der Waals surface area contributed by atoms with Crippen molar-refractivity contribution in [3.63, 3.8) is 0 Å². The number of pyridine rings is 2. The van der Waals surface area contributed by atoms with Crippen molar-refractivity contribution in [1.82, 2.24) is 50.5 Å². The molecule has 62 heavy (non-hydrogen) atoms. The second-order valence-corrected chi connectivity index (χ2v) is 16.3. The highest BCUT2D eigenvalue weighted by atomic mass is 32.1. The van der Waals surface area contributed by atoms with Crippen molar-refractivity contribution >= 4 is 78.7 Å². The Morgan fingerprint density at radius 3 is 1.85 bits per heavy atom. The van der Waals surface area contributed by atoms with Crippen LogP contribution in [0.4, 0.5) is 26.4 Å². The maximum atomic E-state index is 13.8. The molecule has 0 aliphatic heterocycles. The Morgan fingerprint density at radius 1 is 0.710 bits per heavy atom. The summed E-state index contributed by atoms with van der Waals surface area (Å²) >= 11 is 2.55. The van der Waals surface area contributed by atoms with Crippen LogP contribution in [0, 0.1) is 18.6 Å². The number of halogens is 2. The van der Waals surface area contributed by atoms with E-state index >= 15 is 0 Å². The summed E-state index contributed by atoms with van der Waals surface area (Å²) < 4.78 is 33.7. The topological polar surface area (TPSA) is 224 Å². The van der Waals surface area contributed by atoms with Crippen molar-refractivity contribution in [2.24, 2.45) is 0 Å². The van der Waals surface area contributed by atoms with Gasteiger partial charge in [0.15, 0.2) is 22.7 Å². The second-order valence-electron chi connectivity index (χ2n) is 14.0. The minimum atomic E-state index is -0.485. The van der Waals surface area contributed by atoms with Gasteiger partial charge in [-0.3, -0.25) is 24.4 Å². The van der Waals surface area contributed by atoms with Crippen molar-refractivity contribution in [2.45, 2.75) is 52.1 Å². The molecule has 6 heterocycles. The van der Waals surface area contributed by atoms with Crippen LogP contribution >= 0.6 is 22.7 Å². The SMILES string of the molecule is COCCNC(=O)c1nc(NC(C)c2cncc(F)c2)nc2nc(CCC(=O)Nc3ccc(CCNC(=O)c4nc(NC(C)c5cncc(F)c5)nc5nc(C)sc45)cc3)sc12. The van der Waals surface area contributed by atoms with Gasteiger partial charge in [-0.05, 0) is 68.1 Å². The molecule has 2 unspecified atom stereocenters. The van der Waals surface area contributed by atoms with E-state index in [1.165, 1.54) is 48.1 Å². The summed E-state index contributed by atoms with van der Waals surface area (Å²) in [7, 11) is 1.53. The van der Waals surface area contributed by atoms with Gasteiger partial charge >= 0.3 is 0 Å². The van der Waals surface area contributed by atoms with Gasteiger partial charge in [-0.2, -0.15) is 9.97 Å². The average molecular weight is 882 g/mol. The van der Waals surface area contributed by atoms with Crippen LogP contribution < -0.4 is 26.6 Å². The largest absolute Gasteiger partial charge is 0.383 e. The zero-order chi connectivity index (χ0) is 43.8. The Kier molecular flexibility index (Phi) is 13.8. The first kappa shape index (κ1) is 43.4. The smallest absolute Gasteiger partial charge is 0.271 e.